The number of nitrogens with zero attached hydrogens (tertiary/aromatic N) is 3. The predicted octanol–water partition coefficient (Wildman–Crippen LogP) is 11.5. The molecule has 2 unspecified atom stereocenters. The lowest BCUT2D eigenvalue weighted by atomic mass is 9.80. The SMILES string of the molecule is C1=CC2C(c3ccccc31)c1c(ccc3ccccc13)N2c1ccc(-c2nc(-c3ccccc3)cc(-c3ccccc3)n2)c2ccccc12. The van der Waals surface area contributed by atoms with Gasteiger partial charge < -0.3 is 4.90 Å². The number of benzene rings is 7. The molecule has 3 heteroatoms. The second-order valence-electron chi connectivity index (χ2n) is 12.9. The normalized spacial score (nSPS) is 16.0. The van der Waals surface area contributed by atoms with E-state index in [1.807, 2.05) is 12.1 Å². The van der Waals surface area contributed by atoms with Gasteiger partial charge in [-0.15, -0.1) is 0 Å². The molecule has 10 rings (SSSR count). The van der Waals surface area contributed by atoms with Gasteiger partial charge in [-0.1, -0.05) is 152 Å². The van der Waals surface area contributed by atoms with Gasteiger partial charge in [-0.2, -0.15) is 0 Å². The highest BCUT2D eigenvalue weighted by atomic mass is 15.2. The molecule has 230 valence electrons. The van der Waals surface area contributed by atoms with E-state index in [0.29, 0.717) is 0 Å². The molecule has 0 bridgehead atoms. The molecule has 0 N–H and O–H groups in total. The van der Waals surface area contributed by atoms with E-state index in [9.17, 15) is 0 Å². The summed E-state index contributed by atoms with van der Waals surface area (Å²) in [6.45, 7) is 0. The first-order chi connectivity index (χ1) is 24.3. The molecule has 2 atom stereocenters. The molecule has 0 fully saturated rings. The number of rotatable bonds is 4. The molecule has 49 heavy (non-hydrogen) atoms. The Bertz CT molecular complexity index is 2510. The fraction of sp³-hybridized carbons (Fsp3) is 0.0435. The molecular formula is C46H31N3. The van der Waals surface area contributed by atoms with Crippen LogP contribution in [0.25, 0.3) is 61.5 Å². The number of fused-ring (bicyclic) bond motifs is 8. The average Bonchev–Trinajstić information content (AvgIpc) is 3.53. The Labute approximate surface area is 285 Å². The fourth-order valence-electron chi connectivity index (χ4n) is 8.05. The van der Waals surface area contributed by atoms with Gasteiger partial charge in [-0.3, -0.25) is 0 Å². The van der Waals surface area contributed by atoms with E-state index in [2.05, 4.69) is 169 Å². The lowest BCUT2D eigenvalue weighted by molar-refractivity contribution is 0.728. The van der Waals surface area contributed by atoms with E-state index < -0.39 is 0 Å². The van der Waals surface area contributed by atoms with Gasteiger partial charge in [-0.05, 0) is 57.1 Å². The topological polar surface area (TPSA) is 29.0 Å². The van der Waals surface area contributed by atoms with E-state index in [0.717, 1.165) is 39.3 Å². The molecule has 2 heterocycles. The van der Waals surface area contributed by atoms with Crippen molar-refractivity contribution in [1.82, 2.24) is 9.97 Å². The van der Waals surface area contributed by atoms with Gasteiger partial charge in [0.05, 0.1) is 17.4 Å². The highest BCUT2D eigenvalue weighted by Crippen LogP contribution is 2.55. The van der Waals surface area contributed by atoms with Crippen LogP contribution in [-0.4, -0.2) is 16.0 Å². The van der Waals surface area contributed by atoms with Crippen molar-refractivity contribution in [1.29, 1.82) is 0 Å². The maximum atomic E-state index is 5.20. The number of aromatic nitrogens is 2. The smallest absolute Gasteiger partial charge is 0.161 e. The lowest BCUT2D eigenvalue weighted by Gasteiger charge is -2.32. The van der Waals surface area contributed by atoms with E-state index in [4.69, 9.17) is 9.97 Å². The van der Waals surface area contributed by atoms with Gasteiger partial charge >= 0.3 is 0 Å². The van der Waals surface area contributed by atoms with Crippen LogP contribution in [0.4, 0.5) is 11.4 Å². The minimum atomic E-state index is 0.146. The van der Waals surface area contributed by atoms with Crippen LogP contribution < -0.4 is 4.90 Å². The molecule has 7 aromatic carbocycles. The van der Waals surface area contributed by atoms with Crippen molar-refractivity contribution in [2.24, 2.45) is 0 Å². The summed E-state index contributed by atoms with van der Waals surface area (Å²) in [5.41, 5.74) is 11.5. The third-order valence-electron chi connectivity index (χ3n) is 10.2. The van der Waals surface area contributed by atoms with Crippen molar-refractivity contribution in [3.8, 4) is 33.9 Å². The molecule has 0 saturated carbocycles. The molecule has 3 nitrogen and oxygen atoms in total. The van der Waals surface area contributed by atoms with Gasteiger partial charge in [-0.25, -0.2) is 9.97 Å². The highest BCUT2D eigenvalue weighted by molar-refractivity contribution is 6.06. The van der Waals surface area contributed by atoms with Crippen molar-refractivity contribution in [3.63, 3.8) is 0 Å². The Kier molecular flexibility index (Phi) is 6.31. The van der Waals surface area contributed by atoms with Crippen molar-refractivity contribution in [2.75, 3.05) is 4.90 Å². The average molecular weight is 626 g/mol. The number of hydrogen-bond acceptors (Lipinski definition) is 3. The molecule has 1 aliphatic carbocycles. The van der Waals surface area contributed by atoms with Crippen LogP contribution >= 0.6 is 0 Å². The summed E-state index contributed by atoms with van der Waals surface area (Å²) in [5.74, 6) is 0.945. The zero-order chi connectivity index (χ0) is 32.3. The largest absolute Gasteiger partial charge is 0.333 e. The Balaban J connectivity index is 1.19. The van der Waals surface area contributed by atoms with E-state index in [-0.39, 0.29) is 12.0 Å². The van der Waals surface area contributed by atoms with Crippen LogP contribution in [0.5, 0.6) is 0 Å². The molecule has 1 aromatic heterocycles. The minimum Gasteiger partial charge on any atom is -0.333 e. The summed E-state index contributed by atoms with van der Waals surface area (Å²) in [7, 11) is 0. The predicted molar refractivity (Wildman–Crippen MR) is 203 cm³/mol. The van der Waals surface area contributed by atoms with Gasteiger partial charge in [0.1, 0.15) is 0 Å². The summed E-state index contributed by atoms with van der Waals surface area (Å²) < 4.78 is 0. The van der Waals surface area contributed by atoms with Crippen molar-refractivity contribution >= 4 is 39.0 Å². The maximum absolute atomic E-state index is 5.20. The number of anilines is 2. The summed E-state index contributed by atoms with van der Waals surface area (Å²) in [5, 5.41) is 4.92. The molecular weight excluding hydrogens is 595 g/mol. The van der Waals surface area contributed by atoms with Crippen LogP contribution in [0, 0.1) is 0 Å². The lowest BCUT2D eigenvalue weighted by Crippen LogP contribution is -2.30. The van der Waals surface area contributed by atoms with Crippen molar-refractivity contribution in [2.45, 2.75) is 12.0 Å². The monoisotopic (exact) mass is 625 g/mol. The Morgan fingerprint density at radius 3 is 1.86 bits per heavy atom. The van der Waals surface area contributed by atoms with Gasteiger partial charge in [0.2, 0.25) is 0 Å². The molecule has 0 spiro atoms. The summed E-state index contributed by atoms with van der Waals surface area (Å²) in [6.07, 6.45) is 4.71. The zero-order valence-electron chi connectivity index (χ0n) is 26.7. The van der Waals surface area contributed by atoms with Crippen molar-refractivity contribution < 1.29 is 0 Å². The molecule has 0 amide bonds. The second-order valence-corrected chi connectivity index (χ2v) is 12.9. The Morgan fingerprint density at radius 2 is 1.10 bits per heavy atom. The van der Waals surface area contributed by atoms with Crippen LogP contribution in [0.15, 0.2) is 170 Å². The van der Waals surface area contributed by atoms with Crippen LogP contribution in [0.3, 0.4) is 0 Å². The van der Waals surface area contributed by atoms with Crippen LogP contribution in [-0.2, 0) is 0 Å². The molecule has 2 aliphatic rings. The fourth-order valence-corrected chi connectivity index (χ4v) is 8.05. The molecule has 0 radical (unpaired) electrons. The highest BCUT2D eigenvalue weighted by Gasteiger charge is 2.42. The van der Waals surface area contributed by atoms with E-state index >= 15 is 0 Å². The standard InChI is InChI=1S/C46H31N3/c1-3-15-32(16-4-1)39-29-40(33-17-5-2-6-18-33)48-46(47-39)38-25-28-41(37-22-12-11-21-36(37)38)49-42-26-23-30-13-7-9-19-34(30)44(42)45-35-20-10-8-14-31(35)24-27-43(45)49/h1-29,42,44H. The second kappa shape index (κ2) is 11.1. The zero-order valence-corrected chi connectivity index (χ0v) is 26.7. The summed E-state index contributed by atoms with van der Waals surface area (Å²) >= 11 is 0. The number of hydrogen-bond donors (Lipinski definition) is 0. The van der Waals surface area contributed by atoms with Gasteiger partial charge in [0.15, 0.2) is 5.82 Å². The van der Waals surface area contributed by atoms with Crippen LogP contribution in [0.1, 0.15) is 22.6 Å². The van der Waals surface area contributed by atoms with Gasteiger partial charge in [0.25, 0.3) is 0 Å². The van der Waals surface area contributed by atoms with Crippen molar-refractivity contribution in [3.05, 3.63) is 187 Å². The first-order valence-corrected chi connectivity index (χ1v) is 16.9. The molecule has 0 saturated heterocycles. The minimum absolute atomic E-state index is 0.146. The Hall–Kier alpha value is -6.32. The summed E-state index contributed by atoms with van der Waals surface area (Å²) in [4.78, 5) is 13.0. The first kappa shape index (κ1) is 27.8. The quantitative estimate of drug-likeness (QED) is 0.195. The molecule has 1 aliphatic heterocycles. The van der Waals surface area contributed by atoms with E-state index in [1.54, 1.807) is 0 Å². The Morgan fingerprint density at radius 1 is 0.490 bits per heavy atom. The first-order valence-electron chi connectivity index (χ1n) is 16.9. The third kappa shape index (κ3) is 4.43. The molecule has 8 aromatic rings. The van der Waals surface area contributed by atoms with Crippen LogP contribution in [0.2, 0.25) is 0 Å². The van der Waals surface area contributed by atoms with E-state index in [1.165, 1.54) is 44.2 Å². The van der Waals surface area contributed by atoms with Gasteiger partial charge in [0, 0.05) is 39.4 Å². The maximum Gasteiger partial charge on any atom is 0.161 e. The summed E-state index contributed by atoms with van der Waals surface area (Å²) in [6, 6.07) is 58.6. The third-order valence-corrected chi connectivity index (χ3v) is 10.2.